The van der Waals surface area contributed by atoms with Crippen LogP contribution in [-0.2, 0) is 22.7 Å². The van der Waals surface area contributed by atoms with Gasteiger partial charge in [-0.15, -0.1) is 21.8 Å². The van der Waals surface area contributed by atoms with Crippen LogP contribution in [0.25, 0.3) is 16.8 Å². The fourth-order valence-corrected chi connectivity index (χ4v) is 5.72. The normalized spacial score (nSPS) is 21.8. The third-order valence-electron chi connectivity index (χ3n) is 7.24. The predicted molar refractivity (Wildman–Crippen MR) is 137 cm³/mol. The number of halogens is 1. The van der Waals surface area contributed by atoms with Crippen molar-refractivity contribution >= 4 is 28.8 Å². The Morgan fingerprint density at radius 2 is 2.00 bits per heavy atom. The Balaban J connectivity index is 1.27. The number of aromatic nitrogens is 5. The van der Waals surface area contributed by atoms with E-state index in [9.17, 15) is 4.79 Å². The zero-order chi connectivity index (χ0) is 25.8. The van der Waals surface area contributed by atoms with E-state index in [-0.39, 0.29) is 12.0 Å². The number of carbonyl (C=O) groups excluding carboxylic acids is 1. The second kappa shape index (κ2) is 8.83. The van der Waals surface area contributed by atoms with E-state index in [1.807, 2.05) is 37.5 Å². The maximum atomic E-state index is 13.0. The minimum absolute atomic E-state index is 0.256. The summed E-state index contributed by atoms with van der Waals surface area (Å²) in [6.45, 7) is 6.30. The van der Waals surface area contributed by atoms with Gasteiger partial charge in [0.05, 0.1) is 23.7 Å². The molecule has 3 aromatic heterocycles. The van der Waals surface area contributed by atoms with E-state index >= 15 is 0 Å². The molecule has 6 rings (SSSR count). The van der Waals surface area contributed by atoms with Gasteiger partial charge >= 0.3 is 6.09 Å². The number of alkyl halides is 1. The Labute approximate surface area is 219 Å². The first kappa shape index (κ1) is 23.9. The van der Waals surface area contributed by atoms with Gasteiger partial charge in [-0.2, -0.15) is 0 Å². The van der Waals surface area contributed by atoms with Crippen LogP contribution < -0.4 is 0 Å². The molecule has 1 aliphatic heterocycles. The highest BCUT2D eigenvalue weighted by molar-refractivity contribution is 6.24. The standard InChI is InChI=1S/C27H29ClN6O3/c1-26(2,3)36-25(35)33-14-18-13-19(6-7-20(18)34-16-30-31-22(34)15-33)27(28)10-8-17(9-11-27)23-24-21(37-32-23)5-4-12-29-24/h4-7,12-13,16-17H,8-11,14-15H2,1-3H3. The van der Waals surface area contributed by atoms with Crippen molar-refractivity contribution in [2.24, 2.45) is 0 Å². The molecule has 1 saturated carbocycles. The largest absolute Gasteiger partial charge is 0.444 e. The molecule has 0 spiro atoms. The molecule has 0 radical (unpaired) electrons. The van der Waals surface area contributed by atoms with Crippen LogP contribution in [0.2, 0.25) is 0 Å². The lowest BCUT2D eigenvalue weighted by molar-refractivity contribution is 0.0214. The van der Waals surface area contributed by atoms with Gasteiger partial charge in [0.15, 0.2) is 11.4 Å². The molecule has 1 amide bonds. The number of amides is 1. The van der Waals surface area contributed by atoms with Gasteiger partial charge in [-0.25, -0.2) is 4.79 Å². The first-order chi connectivity index (χ1) is 17.7. The molecule has 1 fully saturated rings. The number of rotatable bonds is 2. The molecule has 0 N–H and O–H groups in total. The second-order valence-electron chi connectivity index (χ2n) is 11.0. The number of nitrogens with zero attached hydrogens (tertiary/aromatic N) is 6. The molecule has 37 heavy (non-hydrogen) atoms. The monoisotopic (exact) mass is 520 g/mol. The lowest BCUT2D eigenvalue weighted by atomic mass is 9.76. The van der Waals surface area contributed by atoms with Crippen LogP contribution >= 0.6 is 11.6 Å². The molecular formula is C27H29ClN6O3. The summed E-state index contributed by atoms with van der Waals surface area (Å²) in [6, 6.07) is 10.0. The highest BCUT2D eigenvalue weighted by Crippen LogP contribution is 2.48. The minimum Gasteiger partial charge on any atom is -0.444 e. The van der Waals surface area contributed by atoms with Gasteiger partial charge in [-0.1, -0.05) is 17.3 Å². The first-order valence-electron chi connectivity index (χ1n) is 12.6. The van der Waals surface area contributed by atoms with Gasteiger partial charge in [0.1, 0.15) is 23.1 Å². The molecule has 9 nitrogen and oxygen atoms in total. The van der Waals surface area contributed by atoms with Gasteiger partial charge < -0.3 is 9.26 Å². The number of hydrogen-bond donors (Lipinski definition) is 0. The number of hydrogen-bond acceptors (Lipinski definition) is 7. The van der Waals surface area contributed by atoms with Crippen LogP contribution in [-0.4, -0.2) is 41.5 Å². The summed E-state index contributed by atoms with van der Waals surface area (Å²) in [7, 11) is 0. The molecule has 192 valence electrons. The number of benzene rings is 1. The van der Waals surface area contributed by atoms with Crippen molar-refractivity contribution in [3.8, 4) is 5.69 Å². The molecule has 4 aromatic rings. The van der Waals surface area contributed by atoms with E-state index in [1.54, 1.807) is 17.4 Å². The summed E-state index contributed by atoms with van der Waals surface area (Å²) >= 11 is 7.30. The number of pyridine rings is 1. The summed E-state index contributed by atoms with van der Waals surface area (Å²) in [4.78, 5) is 18.6. The van der Waals surface area contributed by atoms with E-state index in [0.29, 0.717) is 24.5 Å². The lowest BCUT2D eigenvalue weighted by Gasteiger charge is -2.35. The SMILES string of the molecule is CC(C)(C)OC(=O)N1Cc2cc(C3(Cl)CCC(c4noc5cccnc45)CC3)ccc2-n2cnnc2C1. The molecule has 10 heteroatoms. The lowest BCUT2D eigenvalue weighted by Crippen LogP contribution is -2.36. The molecule has 0 saturated heterocycles. The molecular weight excluding hydrogens is 492 g/mol. The van der Waals surface area contributed by atoms with Gasteiger partial charge in [-0.3, -0.25) is 14.5 Å². The van der Waals surface area contributed by atoms with Crippen molar-refractivity contribution in [3.63, 3.8) is 0 Å². The van der Waals surface area contributed by atoms with Crippen LogP contribution in [0.1, 0.15) is 75.0 Å². The van der Waals surface area contributed by atoms with Gasteiger partial charge in [0.2, 0.25) is 0 Å². The van der Waals surface area contributed by atoms with Crippen LogP contribution in [0.4, 0.5) is 4.79 Å². The first-order valence-corrected chi connectivity index (χ1v) is 13.0. The quantitative estimate of drug-likeness (QED) is 0.306. The van der Waals surface area contributed by atoms with E-state index < -0.39 is 10.5 Å². The van der Waals surface area contributed by atoms with Crippen LogP contribution in [0.3, 0.4) is 0 Å². The Hall–Kier alpha value is -3.46. The number of ether oxygens (including phenoxy) is 1. The van der Waals surface area contributed by atoms with Gasteiger partial charge in [-0.05, 0) is 75.8 Å². The van der Waals surface area contributed by atoms with Crippen LogP contribution in [0, 0.1) is 0 Å². The summed E-state index contributed by atoms with van der Waals surface area (Å²) in [6.07, 6.45) is 6.45. The molecule has 2 aliphatic rings. The molecule has 1 aliphatic carbocycles. The molecule has 0 bridgehead atoms. The highest BCUT2D eigenvalue weighted by atomic mass is 35.5. The fourth-order valence-electron chi connectivity index (χ4n) is 5.39. The summed E-state index contributed by atoms with van der Waals surface area (Å²) in [5.41, 5.74) is 4.87. The van der Waals surface area contributed by atoms with E-state index in [2.05, 4.69) is 38.5 Å². The molecule has 1 aromatic carbocycles. The third kappa shape index (κ3) is 4.45. The Bertz CT molecular complexity index is 1460. The maximum Gasteiger partial charge on any atom is 0.411 e. The van der Waals surface area contributed by atoms with Crippen LogP contribution in [0.15, 0.2) is 47.4 Å². The molecule has 0 unspecified atom stereocenters. The van der Waals surface area contributed by atoms with Crippen molar-refractivity contribution in [1.82, 2.24) is 29.8 Å². The van der Waals surface area contributed by atoms with Crippen molar-refractivity contribution in [1.29, 1.82) is 0 Å². The Morgan fingerprint density at radius 1 is 1.19 bits per heavy atom. The minimum atomic E-state index is -0.592. The molecule has 0 atom stereocenters. The van der Waals surface area contributed by atoms with Crippen molar-refractivity contribution < 1.29 is 14.1 Å². The average molecular weight is 521 g/mol. The van der Waals surface area contributed by atoms with E-state index in [0.717, 1.165) is 53.7 Å². The summed E-state index contributed by atoms with van der Waals surface area (Å²) in [5.74, 6) is 0.943. The van der Waals surface area contributed by atoms with Crippen molar-refractivity contribution in [2.45, 2.75) is 75.9 Å². The fraction of sp³-hybridized carbons (Fsp3) is 0.444. The zero-order valence-electron chi connectivity index (χ0n) is 21.1. The topological polar surface area (TPSA) is 99.2 Å². The zero-order valence-corrected chi connectivity index (χ0v) is 21.9. The van der Waals surface area contributed by atoms with Gasteiger partial charge in [0.25, 0.3) is 0 Å². The van der Waals surface area contributed by atoms with Crippen molar-refractivity contribution in [2.75, 3.05) is 0 Å². The molecule has 4 heterocycles. The third-order valence-corrected chi connectivity index (χ3v) is 7.84. The average Bonchev–Trinajstić information content (AvgIpc) is 3.47. The highest BCUT2D eigenvalue weighted by Gasteiger charge is 2.38. The number of carbonyl (C=O) groups is 1. The van der Waals surface area contributed by atoms with E-state index in [1.165, 1.54) is 0 Å². The van der Waals surface area contributed by atoms with Gasteiger partial charge in [0, 0.05) is 12.1 Å². The Morgan fingerprint density at radius 3 is 2.78 bits per heavy atom. The Kier molecular flexibility index (Phi) is 5.71. The van der Waals surface area contributed by atoms with Crippen molar-refractivity contribution in [3.05, 3.63) is 65.5 Å². The summed E-state index contributed by atoms with van der Waals surface area (Å²) < 4.78 is 13.1. The predicted octanol–water partition coefficient (Wildman–Crippen LogP) is 5.85. The second-order valence-corrected chi connectivity index (χ2v) is 11.7. The van der Waals surface area contributed by atoms with Crippen LogP contribution in [0.5, 0.6) is 0 Å². The van der Waals surface area contributed by atoms with E-state index in [4.69, 9.17) is 20.9 Å². The number of fused-ring (bicyclic) bond motifs is 4. The maximum absolute atomic E-state index is 13.0. The summed E-state index contributed by atoms with van der Waals surface area (Å²) in [5, 5.41) is 12.7. The smallest absolute Gasteiger partial charge is 0.411 e.